The molecule has 0 spiro atoms. The van der Waals surface area contributed by atoms with Gasteiger partial charge in [0.2, 0.25) is 0 Å². The van der Waals surface area contributed by atoms with Gasteiger partial charge in [0.25, 0.3) is 5.91 Å². The summed E-state index contributed by atoms with van der Waals surface area (Å²) in [6.07, 6.45) is 1.96. The number of carbonyl (C=O) groups excluding carboxylic acids is 1. The molecule has 1 saturated heterocycles. The number of piperidine rings is 1. The van der Waals surface area contributed by atoms with Crippen molar-refractivity contribution < 1.29 is 9.21 Å². The number of amides is 1. The highest BCUT2D eigenvalue weighted by molar-refractivity contribution is 5.91. The van der Waals surface area contributed by atoms with E-state index < -0.39 is 0 Å². The zero-order valence-electron chi connectivity index (χ0n) is 9.75. The lowest BCUT2D eigenvalue weighted by Crippen LogP contribution is -2.46. The van der Waals surface area contributed by atoms with Crippen molar-refractivity contribution >= 4 is 5.91 Å². The summed E-state index contributed by atoms with van der Waals surface area (Å²) in [4.78, 5) is 11.8. The summed E-state index contributed by atoms with van der Waals surface area (Å²) in [6.45, 7) is 4.93. The van der Waals surface area contributed by atoms with E-state index >= 15 is 0 Å². The van der Waals surface area contributed by atoms with Crippen LogP contribution in [0, 0.1) is 6.92 Å². The van der Waals surface area contributed by atoms with Gasteiger partial charge in [-0.3, -0.25) is 4.79 Å². The van der Waals surface area contributed by atoms with Crippen molar-refractivity contribution in [2.24, 2.45) is 0 Å². The number of furan rings is 1. The van der Waals surface area contributed by atoms with E-state index in [1.54, 1.807) is 12.1 Å². The Bertz CT molecular complexity index is 373. The van der Waals surface area contributed by atoms with Crippen LogP contribution >= 0.6 is 0 Å². The molecule has 0 saturated carbocycles. The van der Waals surface area contributed by atoms with Crippen LogP contribution in [-0.4, -0.2) is 24.5 Å². The van der Waals surface area contributed by atoms with Crippen LogP contribution < -0.4 is 10.6 Å². The first-order valence-electron chi connectivity index (χ1n) is 5.76. The van der Waals surface area contributed by atoms with E-state index in [9.17, 15) is 4.79 Å². The van der Waals surface area contributed by atoms with Gasteiger partial charge in [-0.15, -0.1) is 0 Å². The van der Waals surface area contributed by atoms with Gasteiger partial charge in [0.15, 0.2) is 5.76 Å². The van der Waals surface area contributed by atoms with Gasteiger partial charge in [-0.1, -0.05) is 0 Å². The van der Waals surface area contributed by atoms with E-state index in [1.165, 1.54) is 0 Å². The van der Waals surface area contributed by atoms with Crippen molar-refractivity contribution in [2.45, 2.75) is 38.8 Å². The Morgan fingerprint density at radius 2 is 2.38 bits per heavy atom. The van der Waals surface area contributed by atoms with Crippen LogP contribution in [0.15, 0.2) is 16.5 Å². The van der Waals surface area contributed by atoms with E-state index in [2.05, 4.69) is 17.6 Å². The monoisotopic (exact) mass is 222 g/mol. The van der Waals surface area contributed by atoms with Crippen LogP contribution in [-0.2, 0) is 0 Å². The second-order valence-corrected chi connectivity index (χ2v) is 4.46. The molecule has 1 aliphatic rings. The van der Waals surface area contributed by atoms with Crippen molar-refractivity contribution in [3.8, 4) is 0 Å². The lowest BCUT2D eigenvalue weighted by atomic mass is 10.0. The first kappa shape index (κ1) is 11.2. The molecular weight excluding hydrogens is 204 g/mol. The number of nitrogens with one attached hydrogen (secondary N) is 2. The van der Waals surface area contributed by atoms with Gasteiger partial charge < -0.3 is 15.1 Å². The molecule has 0 bridgehead atoms. The summed E-state index contributed by atoms with van der Waals surface area (Å²) < 4.78 is 5.29. The summed E-state index contributed by atoms with van der Waals surface area (Å²) in [5.41, 5.74) is 0. The molecule has 0 aromatic carbocycles. The summed E-state index contributed by atoms with van der Waals surface area (Å²) in [6, 6.07) is 4.25. The zero-order chi connectivity index (χ0) is 11.5. The molecular formula is C12H18N2O2. The molecule has 2 rings (SSSR count). The minimum Gasteiger partial charge on any atom is -0.456 e. The Morgan fingerprint density at radius 1 is 1.56 bits per heavy atom. The van der Waals surface area contributed by atoms with Gasteiger partial charge in [-0.05, 0) is 45.4 Å². The fraction of sp³-hybridized carbons (Fsp3) is 0.583. The molecule has 2 unspecified atom stereocenters. The maximum Gasteiger partial charge on any atom is 0.287 e. The Kier molecular flexibility index (Phi) is 3.29. The average Bonchev–Trinajstić information content (AvgIpc) is 2.65. The largest absolute Gasteiger partial charge is 0.456 e. The Morgan fingerprint density at radius 3 is 3.00 bits per heavy atom. The van der Waals surface area contributed by atoms with Crippen LogP contribution in [0.2, 0.25) is 0 Å². The minimum absolute atomic E-state index is 0.104. The van der Waals surface area contributed by atoms with Crippen molar-refractivity contribution in [3.63, 3.8) is 0 Å². The highest BCUT2D eigenvalue weighted by atomic mass is 16.3. The summed E-state index contributed by atoms with van der Waals surface area (Å²) in [5.74, 6) is 1.07. The maximum atomic E-state index is 11.8. The van der Waals surface area contributed by atoms with Crippen molar-refractivity contribution in [2.75, 3.05) is 6.54 Å². The quantitative estimate of drug-likeness (QED) is 0.796. The van der Waals surface area contributed by atoms with Crippen LogP contribution in [0.25, 0.3) is 0 Å². The molecule has 0 radical (unpaired) electrons. The predicted octanol–water partition coefficient (Wildman–Crippen LogP) is 1.46. The topological polar surface area (TPSA) is 54.3 Å². The van der Waals surface area contributed by atoms with Gasteiger partial charge in [-0.25, -0.2) is 0 Å². The molecule has 4 nitrogen and oxygen atoms in total. The summed E-state index contributed by atoms with van der Waals surface area (Å²) in [7, 11) is 0. The minimum atomic E-state index is -0.104. The van der Waals surface area contributed by atoms with Gasteiger partial charge in [0.1, 0.15) is 5.76 Å². The van der Waals surface area contributed by atoms with Crippen LogP contribution in [0.1, 0.15) is 36.1 Å². The van der Waals surface area contributed by atoms with Crippen LogP contribution in [0.3, 0.4) is 0 Å². The van der Waals surface area contributed by atoms with Crippen molar-refractivity contribution in [1.29, 1.82) is 0 Å². The first-order chi connectivity index (χ1) is 7.65. The standard InChI is InChI=1S/C12H18N2O2/c1-8-7-10(5-6-13-8)14-12(15)11-4-3-9(2)16-11/h3-4,8,10,13H,5-7H2,1-2H3,(H,14,15). The molecule has 4 heteroatoms. The molecule has 1 fully saturated rings. The molecule has 2 atom stereocenters. The van der Waals surface area contributed by atoms with E-state index in [1.807, 2.05) is 6.92 Å². The van der Waals surface area contributed by atoms with Crippen molar-refractivity contribution in [1.82, 2.24) is 10.6 Å². The zero-order valence-corrected chi connectivity index (χ0v) is 9.75. The van der Waals surface area contributed by atoms with Gasteiger partial charge in [-0.2, -0.15) is 0 Å². The smallest absolute Gasteiger partial charge is 0.287 e. The van der Waals surface area contributed by atoms with Gasteiger partial charge in [0, 0.05) is 12.1 Å². The third-order valence-electron chi connectivity index (χ3n) is 2.92. The van der Waals surface area contributed by atoms with Gasteiger partial charge in [0.05, 0.1) is 0 Å². The number of hydrogen-bond acceptors (Lipinski definition) is 3. The third-order valence-corrected chi connectivity index (χ3v) is 2.92. The lowest BCUT2D eigenvalue weighted by Gasteiger charge is -2.28. The molecule has 1 aromatic heterocycles. The molecule has 1 aromatic rings. The van der Waals surface area contributed by atoms with Crippen molar-refractivity contribution in [3.05, 3.63) is 23.7 Å². The van der Waals surface area contributed by atoms with Crippen LogP contribution in [0.4, 0.5) is 0 Å². The summed E-state index contributed by atoms with van der Waals surface area (Å²) in [5, 5.41) is 6.36. The second kappa shape index (κ2) is 4.70. The van der Waals surface area contributed by atoms with E-state index in [0.29, 0.717) is 11.8 Å². The van der Waals surface area contributed by atoms with Crippen LogP contribution in [0.5, 0.6) is 0 Å². The second-order valence-electron chi connectivity index (χ2n) is 4.46. The highest BCUT2D eigenvalue weighted by Crippen LogP contribution is 2.11. The number of aryl methyl sites for hydroxylation is 1. The normalized spacial score (nSPS) is 25.4. The Labute approximate surface area is 95.4 Å². The SMILES string of the molecule is Cc1ccc(C(=O)NC2CCNC(C)C2)o1. The third kappa shape index (κ3) is 2.64. The molecule has 2 heterocycles. The first-order valence-corrected chi connectivity index (χ1v) is 5.76. The fourth-order valence-electron chi connectivity index (χ4n) is 2.08. The molecule has 2 N–H and O–H groups in total. The molecule has 0 aliphatic carbocycles. The number of hydrogen-bond donors (Lipinski definition) is 2. The van der Waals surface area contributed by atoms with E-state index in [0.717, 1.165) is 25.1 Å². The van der Waals surface area contributed by atoms with E-state index in [-0.39, 0.29) is 11.9 Å². The molecule has 88 valence electrons. The summed E-state index contributed by atoms with van der Waals surface area (Å²) >= 11 is 0. The Balaban J connectivity index is 1.92. The molecule has 16 heavy (non-hydrogen) atoms. The maximum absolute atomic E-state index is 11.8. The average molecular weight is 222 g/mol. The predicted molar refractivity (Wildman–Crippen MR) is 61.4 cm³/mol. The number of rotatable bonds is 2. The Hall–Kier alpha value is -1.29. The van der Waals surface area contributed by atoms with E-state index in [4.69, 9.17) is 4.42 Å². The lowest BCUT2D eigenvalue weighted by molar-refractivity contribution is 0.0896. The molecule has 1 amide bonds. The fourth-order valence-corrected chi connectivity index (χ4v) is 2.08. The molecule has 1 aliphatic heterocycles. The highest BCUT2D eigenvalue weighted by Gasteiger charge is 2.21. The number of carbonyl (C=O) groups is 1. The van der Waals surface area contributed by atoms with Gasteiger partial charge >= 0.3 is 0 Å².